The van der Waals surface area contributed by atoms with Gasteiger partial charge in [0.15, 0.2) is 11.5 Å². The smallest absolute Gasteiger partial charge is 0.267 e. The Bertz CT molecular complexity index is 1090. The van der Waals surface area contributed by atoms with Gasteiger partial charge in [-0.15, -0.1) is 0 Å². The highest BCUT2D eigenvalue weighted by molar-refractivity contribution is 5.93. The number of carbonyl (C=O) groups is 1. The van der Waals surface area contributed by atoms with Crippen LogP contribution in [0.3, 0.4) is 0 Å². The van der Waals surface area contributed by atoms with Crippen molar-refractivity contribution in [3.05, 3.63) is 65.0 Å². The van der Waals surface area contributed by atoms with Crippen LogP contribution in [0, 0.1) is 0 Å². The number of amides is 1. The van der Waals surface area contributed by atoms with E-state index in [1.165, 1.54) is 20.3 Å². The number of methoxy groups -OCH3 is 3. The summed E-state index contributed by atoms with van der Waals surface area (Å²) in [6.07, 6.45) is 0. The van der Waals surface area contributed by atoms with Gasteiger partial charge in [0, 0.05) is 23.4 Å². The van der Waals surface area contributed by atoms with Crippen LogP contribution in [0.15, 0.2) is 59.4 Å². The van der Waals surface area contributed by atoms with Crippen molar-refractivity contribution in [3.63, 3.8) is 0 Å². The molecule has 0 aliphatic rings. The summed E-state index contributed by atoms with van der Waals surface area (Å²) in [5.41, 5.74) is 1.52. The van der Waals surface area contributed by atoms with Gasteiger partial charge in [-0.25, -0.2) is 4.68 Å². The Morgan fingerprint density at radius 1 is 0.933 bits per heavy atom. The van der Waals surface area contributed by atoms with Gasteiger partial charge < -0.3 is 19.5 Å². The zero-order valence-corrected chi connectivity index (χ0v) is 17.2. The Hall–Kier alpha value is -3.81. The van der Waals surface area contributed by atoms with Crippen LogP contribution >= 0.6 is 0 Å². The Labute approximate surface area is 174 Å². The van der Waals surface area contributed by atoms with E-state index in [0.717, 1.165) is 16.0 Å². The van der Waals surface area contributed by atoms with E-state index in [0.29, 0.717) is 22.9 Å². The summed E-state index contributed by atoms with van der Waals surface area (Å²) in [5.74, 6) is 1.37. The van der Waals surface area contributed by atoms with E-state index < -0.39 is 6.04 Å². The van der Waals surface area contributed by atoms with Crippen molar-refractivity contribution in [2.24, 2.45) is 0 Å². The maximum absolute atomic E-state index is 12.8. The largest absolute Gasteiger partial charge is 0.497 e. The molecule has 1 N–H and O–H groups in total. The van der Waals surface area contributed by atoms with Crippen molar-refractivity contribution >= 4 is 11.6 Å². The number of carbonyl (C=O) groups excluding carboxylic acids is 1. The maximum Gasteiger partial charge on any atom is 0.267 e. The summed E-state index contributed by atoms with van der Waals surface area (Å²) in [5, 5.41) is 7.16. The van der Waals surface area contributed by atoms with E-state index in [2.05, 4.69) is 10.4 Å². The maximum atomic E-state index is 12.8. The van der Waals surface area contributed by atoms with Crippen molar-refractivity contribution in [1.29, 1.82) is 0 Å². The van der Waals surface area contributed by atoms with Gasteiger partial charge in [-0.05, 0) is 49.4 Å². The zero-order valence-electron chi connectivity index (χ0n) is 17.2. The number of ether oxygens (including phenoxy) is 3. The topological polar surface area (TPSA) is 91.7 Å². The first kappa shape index (κ1) is 20.9. The minimum Gasteiger partial charge on any atom is -0.497 e. The van der Waals surface area contributed by atoms with Crippen LogP contribution in [0.1, 0.15) is 13.0 Å². The molecule has 3 aromatic rings. The molecule has 0 spiro atoms. The number of aromatic nitrogens is 2. The lowest BCUT2D eigenvalue weighted by molar-refractivity contribution is -0.119. The number of hydrogen-bond donors (Lipinski definition) is 1. The number of hydrogen-bond acceptors (Lipinski definition) is 6. The molecule has 8 heteroatoms. The number of benzene rings is 2. The van der Waals surface area contributed by atoms with Gasteiger partial charge in [-0.1, -0.05) is 0 Å². The minimum absolute atomic E-state index is 0.373. The summed E-state index contributed by atoms with van der Waals surface area (Å²) in [6, 6.07) is 14.5. The van der Waals surface area contributed by atoms with Crippen LogP contribution < -0.4 is 25.1 Å². The minimum atomic E-state index is -0.830. The SMILES string of the molecule is COc1ccc(-c2ccc(=O)n(C(C)C(=O)Nc3ccc(OC)c(OC)c3)n2)cc1. The second-order valence-electron chi connectivity index (χ2n) is 6.46. The van der Waals surface area contributed by atoms with Crippen LogP contribution in [0.2, 0.25) is 0 Å². The van der Waals surface area contributed by atoms with Gasteiger partial charge in [0.05, 0.1) is 27.0 Å². The number of anilines is 1. The molecule has 1 heterocycles. The Morgan fingerprint density at radius 3 is 2.27 bits per heavy atom. The highest BCUT2D eigenvalue weighted by Gasteiger charge is 2.19. The molecular weight excluding hydrogens is 386 g/mol. The molecule has 1 atom stereocenters. The third kappa shape index (κ3) is 4.43. The molecule has 0 saturated heterocycles. The number of nitrogens with zero attached hydrogens (tertiary/aromatic N) is 2. The average Bonchev–Trinajstić information content (AvgIpc) is 2.78. The van der Waals surface area contributed by atoms with Gasteiger partial charge in [0.2, 0.25) is 5.91 Å². The standard InChI is InChI=1S/C22H23N3O5/c1-14(22(27)23-16-7-11-19(29-3)20(13-16)30-4)25-21(26)12-10-18(24-25)15-5-8-17(28-2)9-6-15/h5-14H,1-4H3,(H,23,27). The highest BCUT2D eigenvalue weighted by atomic mass is 16.5. The molecule has 1 aromatic heterocycles. The van der Waals surface area contributed by atoms with E-state index in [1.807, 2.05) is 12.1 Å². The fourth-order valence-electron chi connectivity index (χ4n) is 2.89. The van der Waals surface area contributed by atoms with Crippen molar-refractivity contribution in [3.8, 4) is 28.5 Å². The number of nitrogens with one attached hydrogen (secondary N) is 1. The second kappa shape index (κ2) is 9.13. The molecule has 2 aromatic carbocycles. The summed E-state index contributed by atoms with van der Waals surface area (Å²) in [4.78, 5) is 25.1. The molecule has 1 unspecified atom stereocenters. The highest BCUT2D eigenvalue weighted by Crippen LogP contribution is 2.30. The summed E-state index contributed by atoms with van der Waals surface area (Å²) in [6.45, 7) is 1.61. The molecular formula is C22H23N3O5. The van der Waals surface area contributed by atoms with Crippen molar-refractivity contribution in [2.75, 3.05) is 26.6 Å². The summed E-state index contributed by atoms with van der Waals surface area (Å²) < 4.78 is 16.8. The normalized spacial score (nSPS) is 11.5. The van der Waals surface area contributed by atoms with Crippen LogP contribution in [0.25, 0.3) is 11.3 Å². The van der Waals surface area contributed by atoms with Gasteiger partial charge in [-0.2, -0.15) is 5.10 Å². The first-order valence-corrected chi connectivity index (χ1v) is 9.24. The molecule has 1 amide bonds. The Kier molecular flexibility index (Phi) is 6.36. The summed E-state index contributed by atoms with van der Waals surface area (Å²) >= 11 is 0. The fourth-order valence-corrected chi connectivity index (χ4v) is 2.89. The van der Waals surface area contributed by atoms with Crippen LogP contribution in [0.4, 0.5) is 5.69 Å². The van der Waals surface area contributed by atoms with E-state index in [1.54, 1.807) is 50.4 Å². The average molecular weight is 409 g/mol. The first-order valence-electron chi connectivity index (χ1n) is 9.24. The van der Waals surface area contributed by atoms with Crippen LogP contribution in [-0.2, 0) is 4.79 Å². The molecule has 0 fully saturated rings. The molecule has 0 aliphatic heterocycles. The zero-order chi connectivity index (χ0) is 21.7. The van der Waals surface area contributed by atoms with Crippen molar-refractivity contribution < 1.29 is 19.0 Å². The van der Waals surface area contributed by atoms with Crippen LogP contribution in [-0.4, -0.2) is 37.0 Å². The molecule has 3 rings (SSSR count). The molecule has 30 heavy (non-hydrogen) atoms. The van der Waals surface area contributed by atoms with Crippen molar-refractivity contribution in [2.45, 2.75) is 13.0 Å². The van der Waals surface area contributed by atoms with Gasteiger partial charge in [-0.3, -0.25) is 9.59 Å². The quantitative estimate of drug-likeness (QED) is 0.645. The molecule has 156 valence electrons. The van der Waals surface area contributed by atoms with E-state index in [9.17, 15) is 9.59 Å². The third-order valence-corrected chi connectivity index (χ3v) is 4.61. The fraction of sp³-hybridized carbons (Fsp3) is 0.227. The lowest BCUT2D eigenvalue weighted by Crippen LogP contribution is -2.33. The van der Waals surface area contributed by atoms with Gasteiger partial charge in [0.25, 0.3) is 5.56 Å². The van der Waals surface area contributed by atoms with Crippen molar-refractivity contribution in [1.82, 2.24) is 9.78 Å². The predicted octanol–water partition coefficient (Wildman–Crippen LogP) is 3.14. The Morgan fingerprint density at radius 2 is 1.63 bits per heavy atom. The molecule has 0 radical (unpaired) electrons. The first-order chi connectivity index (χ1) is 14.5. The molecule has 8 nitrogen and oxygen atoms in total. The van der Waals surface area contributed by atoms with Gasteiger partial charge >= 0.3 is 0 Å². The van der Waals surface area contributed by atoms with E-state index in [4.69, 9.17) is 14.2 Å². The Balaban J connectivity index is 1.84. The monoisotopic (exact) mass is 409 g/mol. The van der Waals surface area contributed by atoms with E-state index in [-0.39, 0.29) is 11.5 Å². The molecule has 0 aliphatic carbocycles. The third-order valence-electron chi connectivity index (χ3n) is 4.61. The molecule has 0 saturated carbocycles. The van der Waals surface area contributed by atoms with Gasteiger partial charge in [0.1, 0.15) is 11.8 Å². The predicted molar refractivity (Wildman–Crippen MR) is 113 cm³/mol. The second-order valence-corrected chi connectivity index (χ2v) is 6.46. The van der Waals surface area contributed by atoms with E-state index >= 15 is 0 Å². The lowest BCUT2D eigenvalue weighted by atomic mass is 10.1. The molecule has 0 bridgehead atoms. The van der Waals surface area contributed by atoms with Crippen LogP contribution in [0.5, 0.6) is 17.2 Å². The lowest BCUT2D eigenvalue weighted by Gasteiger charge is -2.16. The number of rotatable bonds is 7. The summed E-state index contributed by atoms with van der Waals surface area (Å²) in [7, 11) is 4.64.